The average molecular weight is 267 g/mol. The van der Waals surface area contributed by atoms with E-state index >= 15 is 0 Å². The van der Waals surface area contributed by atoms with E-state index in [4.69, 9.17) is 5.73 Å². The zero-order valence-corrected chi connectivity index (χ0v) is 13.3. The second-order valence-electron chi connectivity index (χ2n) is 7.38. The normalized spacial score (nSPS) is 38.8. The zero-order chi connectivity index (χ0) is 14.0. The SMILES string of the molecule is CC1CC(C)C(CN2CCC(N(C)C)CC2)C(N)C1. The molecule has 0 radical (unpaired) electrons. The quantitative estimate of drug-likeness (QED) is 0.849. The molecule has 1 aliphatic carbocycles. The summed E-state index contributed by atoms with van der Waals surface area (Å²) in [6.45, 7) is 8.51. The number of rotatable bonds is 3. The topological polar surface area (TPSA) is 32.5 Å². The van der Waals surface area contributed by atoms with Gasteiger partial charge < -0.3 is 15.5 Å². The van der Waals surface area contributed by atoms with Gasteiger partial charge in [0.05, 0.1) is 0 Å². The van der Waals surface area contributed by atoms with Crippen LogP contribution < -0.4 is 5.73 Å². The lowest BCUT2D eigenvalue weighted by molar-refractivity contribution is 0.0847. The van der Waals surface area contributed by atoms with Crippen molar-refractivity contribution in [2.75, 3.05) is 33.7 Å². The van der Waals surface area contributed by atoms with Crippen LogP contribution in [0.25, 0.3) is 0 Å². The Morgan fingerprint density at radius 1 is 1.11 bits per heavy atom. The second kappa shape index (κ2) is 6.55. The minimum atomic E-state index is 0.422. The van der Waals surface area contributed by atoms with E-state index in [9.17, 15) is 0 Å². The van der Waals surface area contributed by atoms with Crippen molar-refractivity contribution in [2.45, 2.75) is 51.6 Å². The van der Waals surface area contributed by atoms with Gasteiger partial charge in [0.15, 0.2) is 0 Å². The summed E-state index contributed by atoms with van der Waals surface area (Å²) in [5.74, 6) is 2.33. The molecule has 2 rings (SSSR count). The molecule has 0 bridgehead atoms. The van der Waals surface area contributed by atoms with Crippen LogP contribution in [0.4, 0.5) is 0 Å². The summed E-state index contributed by atoms with van der Waals surface area (Å²) in [5.41, 5.74) is 6.42. The molecule has 112 valence electrons. The molecule has 0 spiro atoms. The summed E-state index contributed by atoms with van der Waals surface area (Å²) in [6.07, 6.45) is 5.23. The van der Waals surface area contributed by atoms with Crippen LogP contribution in [0.15, 0.2) is 0 Å². The van der Waals surface area contributed by atoms with E-state index in [1.165, 1.54) is 45.3 Å². The van der Waals surface area contributed by atoms with Gasteiger partial charge in [-0.1, -0.05) is 13.8 Å². The van der Waals surface area contributed by atoms with Crippen LogP contribution in [0.1, 0.15) is 39.5 Å². The molecule has 1 aliphatic heterocycles. The van der Waals surface area contributed by atoms with Crippen LogP contribution in [-0.2, 0) is 0 Å². The summed E-state index contributed by atoms with van der Waals surface area (Å²) in [4.78, 5) is 5.05. The summed E-state index contributed by atoms with van der Waals surface area (Å²) >= 11 is 0. The first kappa shape index (κ1) is 15.3. The maximum atomic E-state index is 6.42. The number of nitrogens with zero attached hydrogens (tertiary/aromatic N) is 2. The third-order valence-corrected chi connectivity index (χ3v) is 5.49. The molecule has 3 heteroatoms. The Morgan fingerprint density at radius 3 is 2.26 bits per heavy atom. The van der Waals surface area contributed by atoms with Crippen LogP contribution in [-0.4, -0.2) is 55.6 Å². The smallest absolute Gasteiger partial charge is 0.0113 e. The highest BCUT2D eigenvalue weighted by atomic mass is 15.2. The van der Waals surface area contributed by atoms with Gasteiger partial charge in [0.2, 0.25) is 0 Å². The molecule has 1 saturated heterocycles. The molecule has 4 unspecified atom stereocenters. The average Bonchev–Trinajstić information content (AvgIpc) is 2.34. The van der Waals surface area contributed by atoms with Crippen molar-refractivity contribution >= 4 is 0 Å². The van der Waals surface area contributed by atoms with E-state index in [0.717, 1.165) is 17.9 Å². The molecule has 4 atom stereocenters. The van der Waals surface area contributed by atoms with E-state index in [0.29, 0.717) is 12.0 Å². The Hall–Kier alpha value is -0.120. The van der Waals surface area contributed by atoms with Crippen molar-refractivity contribution in [1.82, 2.24) is 9.80 Å². The van der Waals surface area contributed by atoms with E-state index in [1.807, 2.05) is 0 Å². The highest BCUT2D eigenvalue weighted by molar-refractivity contribution is 4.88. The van der Waals surface area contributed by atoms with Gasteiger partial charge in [-0.2, -0.15) is 0 Å². The second-order valence-corrected chi connectivity index (χ2v) is 7.38. The maximum Gasteiger partial charge on any atom is 0.0113 e. The predicted molar refractivity (Wildman–Crippen MR) is 82.2 cm³/mol. The zero-order valence-electron chi connectivity index (χ0n) is 13.3. The fraction of sp³-hybridized carbons (Fsp3) is 1.00. The molecular formula is C16H33N3. The van der Waals surface area contributed by atoms with E-state index < -0.39 is 0 Å². The van der Waals surface area contributed by atoms with Crippen LogP contribution in [0.3, 0.4) is 0 Å². The number of piperidine rings is 1. The van der Waals surface area contributed by atoms with Gasteiger partial charge >= 0.3 is 0 Å². The van der Waals surface area contributed by atoms with Gasteiger partial charge in [0, 0.05) is 18.6 Å². The van der Waals surface area contributed by atoms with Crippen LogP contribution in [0, 0.1) is 17.8 Å². The Morgan fingerprint density at radius 2 is 1.74 bits per heavy atom. The van der Waals surface area contributed by atoms with E-state index in [1.54, 1.807) is 0 Å². The molecule has 3 nitrogen and oxygen atoms in total. The number of hydrogen-bond acceptors (Lipinski definition) is 3. The lowest BCUT2D eigenvalue weighted by atomic mass is 9.72. The van der Waals surface area contributed by atoms with Gasteiger partial charge in [-0.05, 0) is 70.6 Å². The van der Waals surface area contributed by atoms with Crippen LogP contribution >= 0.6 is 0 Å². The Balaban J connectivity index is 1.81. The van der Waals surface area contributed by atoms with Crippen molar-refractivity contribution in [3.05, 3.63) is 0 Å². The van der Waals surface area contributed by atoms with Crippen molar-refractivity contribution in [2.24, 2.45) is 23.5 Å². The molecule has 1 heterocycles. The molecule has 0 aromatic rings. The minimum absolute atomic E-state index is 0.422. The molecule has 2 fully saturated rings. The van der Waals surface area contributed by atoms with Crippen LogP contribution in [0.5, 0.6) is 0 Å². The fourth-order valence-electron chi connectivity index (χ4n) is 4.20. The van der Waals surface area contributed by atoms with Crippen LogP contribution in [0.2, 0.25) is 0 Å². The standard InChI is InChI=1S/C16H33N3/c1-12-9-13(2)15(16(17)10-12)11-19-7-5-14(6-8-19)18(3)4/h12-16H,5-11,17H2,1-4H3. The summed E-state index contributed by atoms with van der Waals surface area (Å²) in [6, 6.07) is 1.21. The monoisotopic (exact) mass is 267 g/mol. The molecule has 2 N–H and O–H groups in total. The van der Waals surface area contributed by atoms with Gasteiger partial charge in [0.1, 0.15) is 0 Å². The van der Waals surface area contributed by atoms with Crippen molar-refractivity contribution in [1.29, 1.82) is 0 Å². The predicted octanol–water partition coefficient (Wildman–Crippen LogP) is 2.02. The fourth-order valence-corrected chi connectivity index (χ4v) is 4.20. The van der Waals surface area contributed by atoms with E-state index in [-0.39, 0.29) is 0 Å². The van der Waals surface area contributed by atoms with Gasteiger partial charge in [-0.25, -0.2) is 0 Å². The lowest BCUT2D eigenvalue weighted by Gasteiger charge is -2.42. The molecule has 1 saturated carbocycles. The van der Waals surface area contributed by atoms with E-state index in [2.05, 4.69) is 37.7 Å². The molecule has 19 heavy (non-hydrogen) atoms. The first-order chi connectivity index (χ1) is 8.97. The summed E-state index contributed by atoms with van der Waals surface area (Å²) in [7, 11) is 4.42. The highest BCUT2D eigenvalue weighted by Gasteiger charge is 2.33. The van der Waals surface area contributed by atoms with Crippen molar-refractivity contribution in [3.63, 3.8) is 0 Å². The first-order valence-corrected chi connectivity index (χ1v) is 8.11. The van der Waals surface area contributed by atoms with Crippen molar-refractivity contribution in [3.8, 4) is 0 Å². The molecule has 0 aromatic heterocycles. The molecular weight excluding hydrogens is 234 g/mol. The minimum Gasteiger partial charge on any atom is -0.327 e. The number of likely N-dealkylation sites (tertiary alicyclic amines) is 1. The Bertz CT molecular complexity index is 259. The maximum absolute atomic E-state index is 6.42. The lowest BCUT2D eigenvalue weighted by Crippen LogP contribution is -2.49. The van der Waals surface area contributed by atoms with Crippen molar-refractivity contribution < 1.29 is 0 Å². The third kappa shape index (κ3) is 3.93. The Kier molecular flexibility index (Phi) is 5.27. The third-order valence-electron chi connectivity index (χ3n) is 5.49. The Labute approximate surface area is 119 Å². The molecule has 2 aliphatic rings. The van der Waals surface area contributed by atoms with Gasteiger partial charge in [-0.3, -0.25) is 0 Å². The summed E-state index contributed by atoms with van der Waals surface area (Å²) < 4.78 is 0. The first-order valence-electron chi connectivity index (χ1n) is 8.11. The number of hydrogen-bond donors (Lipinski definition) is 1. The number of nitrogens with two attached hydrogens (primary N) is 1. The molecule has 0 aromatic carbocycles. The largest absolute Gasteiger partial charge is 0.327 e. The highest BCUT2D eigenvalue weighted by Crippen LogP contribution is 2.33. The van der Waals surface area contributed by atoms with Gasteiger partial charge in [0.25, 0.3) is 0 Å². The van der Waals surface area contributed by atoms with Gasteiger partial charge in [-0.15, -0.1) is 0 Å². The summed E-state index contributed by atoms with van der Waals surface area (Å²) in [5, 5.41) is 0. The molecule has 0 amide bonds.